The molecule has 2 N–H and O–H groups in total. The third-order valence-corrected chi connectivity index (χ3v) is 2.82. The highest BCUT2D eigenvalue weighted by Crippen LogP contribution is 2.21. The van der Waals surface area contributed by atoms with Gasteiger partial charge in [0.05, 0.1) is 0 Å². The molecule has 0 unspecified atom stereocenters. The molecular formula is C11H14N2O. The summed E-state index contributed by atoms with van der Waals surface area (Å²) in [6, 6.07) is 5.94. The summed E-state index contributed by atoms with van der Waals surface area (Å²) in [5.41, 5.74) is 9.12. The minimum Gasteiger partial charge on any atom is -0.351 e. The maximum Gasteiger partial charge on any atom is 0.315 e. The van der Waals surface area contributed by atoms with E-state index in [-0.39, 0.29) is 6.03 Å². The number of rotatable bonds is 0. The van der Waals surface area contributed by atoms with Crippen LogP contribution in [0.3, 0.4) is 0 Å². The van der Waals surface area contributed by atoms with Crippen molar-refractivity contribution in [2.24, 2.45) is 5.73 Å². The Hall–Kier alpha value is -1.51. The van der Waals surface area contributed by atoms with Crippen LogP contribution in [0.25, 0.3) is 0 Å². The van der Waals surface area contributed by atoms with Crippen LogP contribution in [0.4, 0.5) is 4.79 Å². The number of hydrogen-bond acceptors (Lipinski definition) is 1. The molecule has 3 heteroatoms. The Labute approximate surface area is 83.5 Å². The Kier molecular flexibility index (Phi) is 2.15. The summed E-state index contributed by atoms with van der Waals surface area (Å²) in [6.45, 7) is 3.48. The topological polar surface area (TPSA) is 46.3 Å². The van der Waals surface area contributed by atoms with Crippen LogP contribution in [-0.2, 0) is 13.0 Å². The summed E-state index contributed by atoms with van der Waals surface area (Å²) >= 11 is 0. The first-order chi connectivity index (χ1) is 6.68. The van der Waals surface area contributed by atoms with Crippen LogP contribution in [0.1, 0.15) is 16.7 Å². The van der Waals surface area contributed by atoms with Gasteiger partial charge in [-0.15, -0.1) is 0 Å². The van der Waals surface area contributed by atoms with Gasteiger partial charge in [0.2, 0.25) is 0 Å². The quantitative estimate of drug-likeness (QED) is 0.661. The van der Waals surface area contributed by atoms with Gasteiger partial charge in [-0.3, -0.25) is 0 Å². The van der Waals surface area contributed by atoms with Crippen LogP contribution < -0.4 is 5.73 Å². The molecule has 14 heavy (non-hydrogen) atoms. The van der Waals surface area contributed by atoms with Crippen LogP contribution in [0.2, 0.25) is 0 Å². The van der Waals surface area contributed by atoms with Gasteiger partial charge in [0, 0.05) is 13.1 Å². The van der Waals surface area contributed by atoms with Crippen molar-refractivity contribution in [2.45, 2.75) is 19.9 Å². The van der Waals surface area contributed by atoms with E-state index in [1.165, 1.54) is 16.7 Å². The van der Waals surface area contributed by atoms with E-state index in [4.69, 9.17) is 5.73 Å². The zero-order chi connectivity index (χ0) is 10.1. The highest BCUT2D eigenvalue weighted by molar-refractivity contribution is 5.72. The van der Waals surface area contributed by atoms with E-state index < -0.39 is 0 Å². The normalized spacial score (nSPS) is 15.1. The lowest BCUT2D eigenvalue weighted by Gasteiger charge is -2.28. The van der Waals surface area contributed by atoms with Crippen molar-refractivity contribution in [1.82, 2.24) is 4.90 Å². The van der Waals surface area contributed by atoms with E-state index in [1.54, 1.807) is 4.90 Å². The van der Waals surface area contributed by atoms with Crippen LogP contribution in [-0.4, -0.2) is 17.5 Å². The molecule has 0 spiro atoms. The van der Waals surface area contributed by atoms with E-state index in [2.05, 4.69) is 25.1 Å². The van der Waals surface area contributed by atoms with Gasteiger partial charge in [0.15, 0.2) is 0 Å². The molecule has 0 aliphatic carbocycles. The molecule has 1 aromatic carbocycles. The lowest BCUT2D eigenvalue weighted by atomic mass is 9.96. The lowest BCUT2D eigenvalue weighted by molar-refractivity contribution is 0.202. The number of benzene rings is 1. The second-order valence-corrected chi connectivity index (χ2v) is 3.72. The largest absolute Gasteiger partial charge is 0.351 e. The minimum atomic E-state index is -0.320. The number of nitrogens with two attached hydrogens (primary N) is 1. The van der Waals surface area contributed by atoms with Crippen LogP contribution in [0.15, 0.2) is 18.2 Å². The zero-order valence-corrected chi connectivity index (χ0v) is 8.29. The summed E-state index contributed by atoms with van der Waals surface area (Å²) in [4.78, 5) is 12.7. The number of primary amides is 1. The van der Waals surface area contributed by atoms with Gasteiger partial charge in [-0.05, 0) is 30.0 Å². The maximum absolute atomic E-state index is 11.0. The fraction of sp³-hybridized carbons (Fsp3) is 0.364. The number of nitrogens with zero attached hydrogens (tertiary/aromatic N) is 1. The average Bonchev–Trinajstić information content (AvgIpc) is 2.18. The summed E-state index contributed by atoms with van der Waals surface area (Å²) in [6.07, 6.45) is 0.917. The summed E-state index contributed by atoms with van der Waals surface area (Å²) in [5.74, 6) is 0. The van der Waals surface area contributed by atoms with Gasteiger partial charge < -0.3 is 10.6 Å². The van der Waals surface area contributed by atoms with Crippen molar-refractivity contribution >= 4 is 6.03 Å². The van der Waals surface area contributed by atoms with Crippen LogP contribution >= 0.6 is 0 Å². The Morgan fingerprint density at radius 3 is 3.00 bits per heavy atom. The number of amides is 2. The van der Waals surface area contributed by atoms with E-state index in [0.717, 1.165) is 13.0 Å². The molecule has 2 amide bonds. The molecular weight excluding hydrogens is 176 g/mol. The number of hydrogen-bond donors (Lipinski definition) is 1. The van der Waals surface area contributed by atoms with Gasteiger partial charge in [-0.1, -0.05) is 18.2 Å². The third-order valence-electron chi connectivity index (χ3n) is 2.82. The van der Waals surface area contributed by atoms with Crippen LogP contribution in [0, 0.1) is 6.92 Å². The summed E-state index contributed by atoms with van der Waals surface area (Å²) in [7, 11) is 0. The van der Waals surface area contributed by atoms with Crippen molar-refractivity contribution in [3.8, 4) is 0 Å². The van der Waals surface area contributed by atoms with Crippen molar-refractivity contribution in [1.29, 1.82) is 0 Å². The minimum absolute atomic E-state index is 0.320. The molecule has 1 aliphatic heterocycles. The van der Waals surface area contributed by atoms with E-state index >= 15 is 0 Å². The molecule has 74 valence electrons. The number of carbonyl (C=O) groups is 1. The second kappa shape index (κ2) is 3.33. The van der Waals surface area contributed by atoms with E-state index in [1.807, 2.05) is 0 Å². The first-order valence-electron chi connectivity index (χ1n) is 4.80. The number of aryl methyl sites for hydroxylation is 1. The van der Waals surface area contributed by atoms with Gasteiger partial charge in [-0.25, -0.2) is 4.79 Å². The Morgan fingerprint density at radius 1 is 1.50 bits per heavy atom. The molecule has 1 aliphatic rings. The molecule has 0 fully saturated rings. The molecule has 0 atom stereocenters. The number of urea groups is 1. The number of fused-ring (bicyclic) bond motifs is 1. The lowest BCUT2D eigenvalue weighted by Crippen LogP contribution is -2.39. The molecule has 0 saturated heterocycles. The highest BCUT2D eigenvalue weighted by Gasteiger charge is 2.19. The van der Waals surface area contributed by atoms with Crippen molar-refractivity contribution in [2.75, 3.05) is 6.54 Å². The Bertz CT molecular complexity index is 374. The predicted octanol–water partition coefficient (Wildman–Crippen LogP) is 1.43. The number of carbonyl (C=O) groups excluding carboxylic acids is 1. The predicted molar refractivity (Wildman–Crippen MR) is 54.9 cm³/mol. The van der Waals surface area contributed by atoms with E-state index in [9.17, 15) is 4.79 Å². The van der Waals surface area contributed by atoms with Gasteiger partial charge in [-0.2, -0.15) is 0 Å². The highest BCUT2D eigenvalue weighted by atomic mass is 16.2. The molecule has 0 aromatic heterocycles. The SMILES string of the molecule is Cc1cccc2c1CN(C(N)=O)CC2. The standard InChI is InChI=1S/C11H14N2O/c1-8-3-2-4-9-5-6-13(11(12)14)7-10(8)9/h2-4H,5-7H2,1H3,(H2,12,14). The third kappa shape index (κ3) is 1.45. The molecule has 1 heterocycles. The van der Waals surface area contributed by atoms with Gasteiger partial charge in [0.1, 0.15) is 0 Å². The Balaban J connectivity index is 2.33. The molecule has 3 nitrogen and oxygen atoms in total. The molecule has 0 radical (unpaired) electrons. The fourth-order valence-corrected chi connectivity index (χ4v) is 1.94. The smallest absolute Gasteiger partial charge is 0.315 e. The summed E-state index contributed by atoms with van der Waals surface area (Å²) < 4.78 is 0. The van der Waals surface area contributed by atoms with Gasteiger partial charge in [0.25, 0.3) is 0 Å². The summed E-state index contributed by atoms with van der Waals surface area (Å²) in [5, 5.41) is 0. The van der Waals surface area contributed by atoms with Crippen molar-refractivity contribution < 1.29 is 4.79 Å². The van der Waals surface area contributed by atoms with Crippen molar-refractivity contribution in [3.63, 3.8) is 0 Å². The first-order valence-corrected chi connectivity index (χ1v) is 4.80. The molecule has 2 rings (SSSR count). The zero-order valence-electron chi connectivity index (χ0n) is 8.29. The van der Waals surface area contributed by atoms with E-state index in [0.29, 0.717) is 6.54 Å². The Morgan fingerprint density at radius 2 is 2.29 bits per heavy atom. The average molecular weight is 190 g/mol. The fourth-order valence-electron chi connectivity index (χ4n) is 1.94. The first kappa shape index (κ1) is 9.06. The maximum atomic E-state index is 11.0. The van der Waals surface area contributed by atoms with Crippen LogP contribution in [0.5, 0.6) is 0 Å². The molecule has 0 bridgehead atoms. The molecule has 1 aromatic rings. The molecule has 0 saturated carbocycles. The second-order valence-electron chi connectivity index (χ2n) is 3.72. The van der Waals surface area contributed by atoms with Gasteiger partial charge >= 0.3 is 6.03 Å². The van der Waals surface area contributed by atoms with Crippen molar-refractivity contribution in [3.05, 3.63) is 34.9 Å². The monoisotopic (exact) mass is 190 g/mol.